The van der Waals surface area contributed by atoms with Crippen molar-refractivity contribution in [2.45, 2.75) is 26.0 Å². The molecule has 0 radical (unpaired) electrons. The molecule has 0 spiro atoms. The fourth-order valence-electron chi connectivity index (χ4n) is 1.90. The van der Waals surface area contributed by atoms with Gasteiger partial charge in [-0.3, -0.25) is 4.98 Å². The first-order chi connectivity index (χ1) is 7.70. The lowest BCUT2D eigenvalue weighted by Crippen LogP contribution is -2.34. The van der Waals surface area contributed by atoms with Crippen LogP contribution >= 0.6 is 0 Å². The second kappa shape index (κ2) is 4.76. The third-order valence-corrected chi connectivity index (χ3v) is 2.86. The lowest BCUT2D eigenvalue weighted by Gasteiger charge is -2.20. The number of ether oxygens (including phenoxy) is 1. The van der Waals surface area contributed by atoms with Crippen LogP contribution < -0.4 is 10.6 Å². The van der Waals surface area contributed by atoms with E-state index in [4.69, 9.17) is 4.74 Å². The Morgan fingerprint density at radius 1 is 1.44 bits per heavy atom. The van der Waals surface area contributed by atoms with E-state index < -0.39 is 0 Å². The van der Waals surface area contributed by atoms with Gasteiger partial charge in [-0.15, -0.1) is 0 Å². The average molecular weight is 222 g/mol. The minimum absolute atomic E-state index is 0.196. The molecule has 1 aromatic rings. The molecular weight excluding hydrogens is 204 g/mol. The van der Waals surface area contributed by atoms with E-state index in [-0.39, 0.29) is 12.1 Å². The number of nitrogens with one attached hydrogen (secondary N) is 2. The number of rotatable bonds is 3. The minimum Gasteiger partial charge on any atom is -0.378 e. The molecule has 2 atom stereocenters. The lowest BCUT2D eigenvalue weighted by atomic mass is 10.2. The van der Waals surface area contributed by atoms with Crippen LogP contribution in [0.3, 0.4) is 0 Å². The Kier molecular flexibility index (Phi) is 3.36. The fraction of sp³-hybridized carbons (Fsp3) is 0.636. The highest BCUT2D eigenvalue weighted by molar-refractivity contribution is 5.41. The highest BCUT2D eigenvalue weighted by Crippen LogP contribution is 2.14. The standard InChI is InChI=1S/C11H18N4O/c1-7-4-13-8(2)11(14-7)15-9-5-12-6-10(9)16-3/h4,9-10,12H,5-6H2,1-3H3,(H,14,15). The number of methoxy groups -OCH3 is 1. The Balaban J connectivity index is 2.11. The Bertz CT molecular complexity index is 369. The van der Waals surface area contributed by atoms with Gasteiger partial charge in [-0.2, -0.15) is 0 Å². The van der Waals surface area contributed by atoms with E-state index in [1.807, 2.05) is 13.8 Å². The number of anilines is 1. The van der Waals surface area contributed by atoms with Gasteiger partial charge in [0.15, 0.2) is 0 Å². The van der Waals surface area contributed by atoms with Crippen LogP contribution in [0.25, 0.3) is 0 Å². The predicted molar refractivity (Wildman–Crippen MR) is 62.6 cm³/mol. The maximum Gasteiger partial charge on any atom is 0.148 e. The maximum absolute atomic E-state index is 5.39. The van der Waals surface area contributed by atoms with E-state index in [1.54, 1.807) is 13.3 Å². The van der Waals surface area contributed by atoms with E-state index in [9.17, 15) is 0 Å². The molecule has 0 bridgehead atoms. The number of hydrogen-bond donors (Lipinski definition) is 2. The van der Waals surface area contributed by atoms with Crippen LogP contribution in [0.1, 0.15) is 11.4 Å². The molecule has 2 unspecified atom stereocenters. The van der Waals surface area contributed by atoms with Crippen LogP contribution in [-0.4, -0.2) is 42.3 Å². The molecule has 88 valence electrons. The molecule has 5 heteroatoms. The molecule has 16 heavy (non-hydrogen) atoms. The third kappa shape index (κ3) is 2.31. The summed E-state index contributed by atoms with van der Waals surface area (Å²) in [5.41, 5.74) is 1.85. The van der Waals surface area contributed by atoms with Crippen LogP contribution in [0.4, 0.5) is 5.82 Å². The SMILES string of the molecule is COC1CNCC1Nc1nc(C)cnc1C. The smallest absolute Gasteiger partial charge is 0.148 e. The summed E-state index contributed by atoms with van der Waals surface area (Å²) in [6, 6.07) is 0.264. The topological polar surface area (TPSA) is 59.1 Å². The molecule has 2 heterocycles. The van der Waals surface area contributed by atoms with Crippen LogP contribution in [-0.2, 0) is 4.74 Å². The minimum atomic E-state index is 0.196. The Labute approximate surface area is 95.6 Å². The lowest BCUT2D eigenvalue weighted by molar-refractivity contribution is 0.111. The van der Waals surface area contributed by atoms with Crippen molar-refractivity contribution in [2.24, 2.45) is 0 Å². The summed E-state index contributed by atoms with van der Waals surface area (Å²) in [4.78, 5) is 8.73. The van der Waals surface area contributed by atoms with Gasteiger partial charge in [0.1, 0.15) is 5.82 Å². The first-order valence-electron chi connectivity index (χ1n) is 5.51. The van der Waals surface area contributed by atoms with Crippen molar-refractivity contribution in [1.29, 1.82) is 0 Å². The quantitative estimate of drug-likeness (QED) is 0.779. The molecule has 1 aromatic heterocycles. The molecule has 0 aliphatic carbocycles. The zero-order valence-electron chi connectivity index (χ0n) is 9.95. The third-order valence-electron chi connectivity index (χ3n) is 2.86. The molecule has 1 saturated heterocycles. The second-order valence-electron chi connectivity index (χ2n) is 4.13. The molecule has 2 rings (SSSR count). The van der Waals surface area contributed by atoms with Crippen LogP contribution in [0, 0.1) is 13.8 Å². The van der Waals surface area contributed by atoms with Crippen molar-refractivity contribution in [2.75, 3.05) is 25.5 Å². The first-order valence-corrected chi connectivity index (χ1v) is 5.51. The summed E-state index contributed by atoms with van der Waals surface area (Å²) >= 11 is 0. The van der Waals surface area contributed by atoms with Crippen molar-refractivity contribution in [1.82, 2.24) is 15.3 Å². The van der Waals surface area contributed by atoms with Gasteiger partial charge in [-0.25, -0.2) is 4.98 Å². The molecular formula is C11H18N4O. The molecule has 1 aliphatic rings. The summed E-state index contributed by atoms with van der Waals surface area (Å²) < 4.78 is 5.39. The normalized spacial score (nSPS) is 24.7. The maximum atomic E-state index is 5.39. The number of aryl methyl sites for hydroxylation is 2. The van der Waals surface area contributed by atoms with Gasteiger partial charge < -0.3 is 15.4 Å². The van der Waals surface area contributed by atoms with Crippen molar-refractivity contribution in [3.63, 3.8) is 0 Å². The zero-order valence-corrected chi connectivity index (χ0v) is 9.95. The van der Waals surface area contributed by atoms with Gasteiger partial charge in [0.2, 0.25) is 0 Å². The molecule has 0 aromatic carbocycles. The molecule has 1 fully saturated rings. The Hall–Kier alpha value is -1.20. The summed E-state index contributed by atoms with van der Waals surface area (Å²) in [6.07, 6.45) is 1.98. The van der Waals surface area contributed by atoms with Gasteiger partial charge in [0.05, 0.1) is 23.5 Å². The summed E-state index contributed by atoms with van der Waals surface area (Å²) in [7, 11) is 1.74. The molecule has 5 nitrogen and oxygen atoms in total. The summed E-state index contributed by atoms with van der Waals surface area (Å²) in [5, 5.41) is 6.68. The monoisotopic (exact) mass is 222 g/mol. The van der Waals surface area contributed by atoms with Gasteiger partial charge in [-0.1, -0.05) is 0 Å². The van der Waals surface area contributed by atoms with Crippen LogP contribution in [0.5, 0.6) is 0 Å². The van der Waals surface area contributed by atoms with E-state index in [0.29, 0.717) is 0 Å². The van der Waals surface area contributed by atoms with Crippen molar-refractivity contribution >= 4 is 5.82 Å². The van der Waals surface area contributed by atoms with Crippen molar-refractivity contribution in [3.05, 3.63) is 17.6 Å². The summed E-state index contributed by atoms with van der Waals surface area (Å²) in [5.74, 6) is 0.857. The molecule has 2 N–H and O–H groups in total. The highest BCUT2D eigenvalue weighted by Gasteiger charge is 2.27. The van der Waals surface area contributed by atoms with Crippen molar-refractivity contribution < 1.29 is 4.74 Å². The van der Waals surface area contributed by atoms with Crippen molar-refractivity contribution in [3.8, 4) is 0 Å². The zero-order chi connectivity index (χ0) is 11.5. The molecule has 0 saturated carbocycles. The number of aromatic nitrogens is 2. The average Bonchev–Trinajstić information content (AvgIpc) is 2.71. The number of hydrogen-bond acceptors (Lipinski definition) is 5. The van der Waals surface area contributed by atoms with Gasteiger partial charge >= 0.3 is 0 Å². The Morgan fingerprint density at radius 3 is 3.00 bits per heavy atom. The summed E-state index contributed by atoms with van der Waals surface area (Å²) in [6.45, 7) is 5.68. The van der Waals surface area contributed by atoms with E-state index in [0.717, 1.165) is 30.3 Å². The van der Waals surface area contributed by atoms with E-state index >= 15 is 0 Å². The van der Waals surface area contributed by atoms with E-state index in [2.05, 4.69) is 20.6 Å². The van der Waals surface area contributed by atoms with Gasteiger partial charge in [-0.05, 0) is 13.8 Å². The number of nitrogens with zero attached hydrogens (tertiary/aromatic N) is 2. The van der Waals surface area contributed by atoms with Crippen LogP contribution in [0.2, 0.25) is 0 Å². The van der Waals surface area contributed by atoms with Crippen LogP contribution in [0.15, 0.2) is 6.20 Å². The van der Waals surface area contributed by atoms with E-state index in [1.165, 1.54) is 0 Å². The van der Waals surface area contributed by atoms with Gasteiger partial charge in [0.25, 0.3) is 0 Å². The van der Waals surface area contributed by atoms with Gasteiger partial charge in [0, 0.05) is 26.4 Å². The predicted octanol–water partition coefficient (Wildman–Crippen LogP) is 0.492. The second-order valence-corrected chi connectivity index (χ2v) is 4.13. The Morgan fingerprint density at radius 2 is 2.25 bits per heavy atom. The highest BCUT2D eigenvalue weighted by atomic mass is 16.5. The molecule has 0 amide bonds. The largest absolute Gasteiger partial charge is 0.378 e. The first kappa shape index (κ1) is 11.3. The fourth-order valence-corrected chi connectivity index (χ4v) is 1.90. The molecule has 1 aliphatic heterocycles.